The van der Waals surface area contributed by atoms with E-state index in [9.17, 15) is 4.79 Å². The van der Waals surface area contributed by atoms with Gasteiger partial charge >= 0.3 is 7.12 Å². The molecule has 1 aromatic rings. The van der Waals surface area contributed by atoms with Gasteiger partial charge < -0.3 is 25.6 Å². The summed E-state index contributed by atoms with van der Waals surface area (Å²) >= 11 is 0. The summed E-state index contributed by atoms with van der Waals surface area (Å²) in [4.78, 5) is 11.6. The molecule has 1 aromatic carbocycles. The van der Waals surface area contributed by atoms with Gasteiger partial charge in [-0.25, -0.2) is 0 Å². The van der Waals surface area contributed by atoms with Gasteiger partial charge in [-0.05, 0) is 44.8 Å². The first-order valence-corrected chi connectivity index (χ1v) is 8.04. The van der Waals surface area contributed by atoms with E-state index in [4.69, 9.17) is 20.2 Å². The minimum atomic E-state index is -0.558. The van der Waals surface area contributed by atoms with E-state index in [0.717, 1.165) is 17.3 Å². The summed E-state index contributed by atoms with van der Waals surface area (Å²) in [5.74, 6) is -0.534. The number of benzene rings is 1. The highest BCUT2D eigenvalue weighted by atomic mass is 16.7. The Bertz CT molecular complexity index is 685. The highest BCUT2D eigenvalue weighted by Gasteiger charge is 2.52. The molecule has 0 aliphatic carbocycles. The third kappa shape index (κ3) is 4.28. The van der Waals surface area contributed by atoms with Crippen molar-refractivity contribution in [3.05, 3.63) is 35.3 Å². The number of carbonyl (C=O) groups is 1. The van der Waals surface area contributed by atoms with E-state index in [1.165, 1.54) is 0 Å². The Labute approximate surface area is 148 Å². The highest BCUT2D eigenvalue weighted by molar-refractivity contribution is 6.56. The van der Waals surface area contributed by atoms with Gasteiger partial charge in [0.15, 0.2) is 0 Å². The van der Waals surface area contributed by atoms with Gasteiger partial charge in [0.25, 0.3) is 5.91 Å². The SMILES string of the molecule is CC1(C)OB(C(=Cc2ccccc2NC(=O)C=NO)CN)OC1(C)C. The van der Waals surface area contributed by atoms with Crippen molar-refractivity contribution in [1.29, 1.82) is 0 Å². The molecule has 0 atom stereocenters. The number of oxime groups is 1. The van der Waals surface area contributed by atoms with Crippen molar-refractivity contribution in [3.8, 4) is 0 Å². The molecule has 1 heterocycles. The number of para-hydroxylation sites is 1. The minimum absolute atomic E-state index is 0.247. The van der Waals surface area contributed by atoms with E-state index in [1.807, 2.05) is 45.9 Å². The molecule has 134 valence electrons. The normalized spacial score (nSPS) is 19.4. The number of carbonyl (C=O) groups excluding carboxylic acids is 1. The molecule has 1 saturated heterocycles. The minimum Gasteiger partial charge on any atom is -0.411 e. The Morgan fingerprint density at radius 1 is 1.28 bits per heavy atom. The van der Waals surface area contributed by atoms with Gasteiger partial charge in [0.2, 0.25) is 0 Å². The molecular formula is C17H24BN3O4. The van der Waals surface area contributed by atoms with Crippen LogP contribution in [0.15, 0.2) is 34.9 Å². The molecule has 2 rings (SSSR count). The Hall–Kier alpha value is -2.16. The number of nitrogens with zero attached hydrogens (tertiary/aromatic N) is 1. The molecule has 4 N–H and O–H groups in total. The lowest BCUT2D eigenvalue weighted by Crippen LogP contribution is -2.41. The molecule has 8 heteroatoms. The van der Waals surface area contributed by atoms with Crippen LogP contribution in [0.3, 0.4) is 0 Å². The molecule has 1 aliphatic rings. The Kier molecular flexibility index (Phi) is 5.67. The number of anilines is 1. The van der Waals surface area contributed by atoms with Crippen LogP contribution in [0.4, 0.5) is 5.69 Å². The molecular weight excluding hydrogens is 321 g/mol. The van der Waals surface area contributed by atoms with Crippen molar-refractivity contribution >= 4 is 31.0 Å². The van der Waals surface area contributed by atoms with Crippen LogP contribution < -0.4 is 11.1 Å². The van der Waals surface area contributed by atoms with E-state index in [-0.39, 0.29) is 6.54 Å². The molecule has 1 fully saturated rings. The fourth-order valence-electron chi connectivity index (χ4n) is 2.37. The largest absolute Gasteiger partial charge is 0.491 e. The van der Waals surface area contributed by atoms with Crippen LogP contribution in [0, 0.1) is 0 Å². The Balaban J connectivity index is 2.30. The van der Waals surface area contributed by atoms with E-state index >= 15 is 0 Å². The van der Waals surface area contributed by atoms with Crippen molar-refractivity contribution in [2.24, 2.45) is 10.9 Å². The van der Waals surface area contributed by atoms with Gasteiger partial charge in [0, 0.05) is 12.2 Å². The van der Waals surface area contributed by atoms with Gasteiger partial charge in [0.1, 0.15) is 6.21 Å². The van der Waals surface area contributed by atoms with Crippen LogP contribution in [-0.4, -0.2) is 42.2 Å². The van der Waals surface area contributed by atoms with Crippen molar-refractivity contribution < 1.29 is 19.3 Å². The van der Waals surface area contributed by atoms with Crippen LogP contribution in [-0.2, 0) is 14.1 Å². The van der Waals surface area contributed by atoms with E-state index in [1.54, 1.807) is 12.1 Å². The zero-order chi connectivity index (χ0) is 18.7. The summed E-state index contributed by atoms with van der Waals surface area (Å²) in [6.45, 7) is 8.15. The van der Waals surface area contributed by atoms with Crippen LogP contribution in [0.1, 0.15) is 33.3 Å². The quantitative estimate of drug-likeness (QED) is 0.328. The Morgan fingerprint density at radius 3 is 2.44 bits per heavy atom. The fourth-order valence-corrected chi connectivity index (χ4v) is 2.37. The maximum Gasteiger partial charge on any atom is 0.491 e. The lowest BCUT2D eigenvalue weighted by atomic mass is 9.77. The van der Waals surface area contributed by atoms with Gasteiger partial charge in [-0.3, -0.25) is 4.79 Å². The summed E-state index contributed by atoms with van der Waals surface area (Å²) in [7, 11) is -0.558. The first-order valence-electron chi connectivity index (χ1n) is 8.04. The standard InChI is InChI=1S/C17H24BN3O4/c1-16(2)17(3,4)25-18(24-16)13(10-19)9-12-7-5-6-8-14(12)21-15(22)11-20-23/h5-9,11,23H,10,19H2,1-4H3,(H,21,22). The molecule has 0 aromatic heterocycles. The van der Waals surface area contributed by atoms with Gasteiger partial charge in [-0.1, -0.05) is 29.4 Å². The lowest BCUT2D eigenvalue weighted by Gasteiger charge is -2.32. The first-order chi connectivity index (χ1) is 11.7. The smallest absolute Gasteiger partial charge is 0.411 e. The predicted octanol–water partition coefficient (Wildman–Crippen LogP) is 2.06. The molecule has 25 heavy (non-hydrogen) atoms. The van der Waals surface area contributed by atoms with E-state index < -0.39 is 24.2 Å². The molecule has 7 nitrogen and oxygen atoms in total. The highest BCUT2D eigenvalue weighted by Crippen LogP contribution is 2.38. The second kappa shape index (κ2) is 7.39. The van der Waals surface area contributed by atoms with Crippen molar-refractivity contribution in [1.82, 2.24) is 0 Å². The summed E-state index contributed by atoms with van der Waals surface area (Å²) in [6.07, 6.45) is 2.63. The summed E-state index contributed by atoms with van der Waals surface area (Å²) in [6, 6.07) is 7.22. The molecule has 1 amide bonds. The average molecular weight is 345 g/mol. The topological polar surface area (TPSA) is 106 Å². The number of nitrogens with one attached hydrogen (secondary N) is 1. The lowest BCUT2D eigenvalue weighted by molar-refractivity contribution is -0.110. The summed E-state index contributed by atoms with van der Waals surface area (Å²) in [5, 5.41) is 13.8. The van der Waals surface area contributed by atoms with Crippen molar-refractivity contribution in [2.75, 3.05) is 11.9 Å². The predicted molar refractivity (Wildman–Crippen MR) is 98.5 cm³/mol. The van der Waals surface area contributed by atoms with Crippen molar-refractivity contribution in [2.45, 2.75) is 38.9 Å². The van der Waals surface area contributed by atoms with Crippen LogP contribution in [0.2, 0.25) is 0 Å². The number of nitrogens with two attached hydrogens (primary N) is 1. The fraction of sp³-hybridized carbons (Fsp3) is 0.412. The third-order valence-electron chi connectivity index (χ3n) is 4.53. The molecule has 0 saturated carbocycles. The number of hydrogen-bond donors (Lipinski definition) is 3. The number of rotatable bonds is 5. The summed E-state index contributed by atoms with van der Waals surface area (Å²) < 4.78 is 12.1. The molecule has 0 unspecified atom stereocenters. The molecule has 0 radical (unpaired) electrons. The zero-order valence-electron chi connectivity index (χ0n) is 14.9. The average Bonchev–Trinajstić information content (AvgIpc) is 2.74. The number of amides is 1. The Morgan fingerprint density at radius 2 is 1.88 bits per heavy atom. The zero-order valence-corrected chi connectivity index (χ0v) is 14.9. The van der Waals surface area contributed by atoms with E-state index in [2.05, 4.69) is 10.5 Å². The van der Waals surface area contributed by atoms with Gasteiger partial charge in [-0.2, -0.15) is 0 Å². The monoisotopic (exact) mass is 345 g/mol. The molecule has 0 bridgehead atoms. The van der Waals surface area contributed by atoms with Crippen LogP contribution >= 0.6 is 0 Å². The molecule has 0 spiro atoms. The first kappa shape index (κ1) is 19.2. The molecule has 1 aliphatic heterocycles. The van der Waals surface area contributed by atoms with Crippen LogP contribution in [0.5, 0.6) is 0 Å². The maximum absolute atomic E-state index is 11.6. The second-order valence-corrected chi connectivity index (χ2v) is 6.83. The number of hydrogen-bond acceptors (Lipinski definition) is 6. The van der Waals surface area contributed by atoms with Crippen LogP contribution in [0.25, 0.3) is 6.08 Å². The van der Waals surface area contributed by atoms with Gasteiger partial charge in [-0.15, -0.1) is 0 Å². The maximum atomic E-state index is 11.6. The third-order valence-corrected chi connectivity index (χ3v) is 4.53. The van der Waals surface area contributed by atoms with Gasteiger partial charge in [0.05, 0.1) is 11.2 Å². The summed E-state index contributed by atoms with van der Waals surface area (Å²) in [5.41, 5.74) is 7.06. The second-order valence-electron chi connectivity index (χ2n) is 6.83. The van der Waals surface area contributed by atoms with E-state index in [0.29, 0.717) is 5.69 Å². The van der Waals surface area contributed by atoms with Crippen molar-refractivity contribution in [3.63, 3.8) is 0 Å².